The normalized spacial score (nSPS) is 18.4. The van der Waals surface area contributed by atoms with Crippen molar-refractivity contribution in [2.75, 3.05) is 27.7 Å². The topological polar surface area (TPSA) is 106 Å². The molecule has 1 aliphatic rings. The fourth-order valence-electron chi connectivity index (χ4n) is 3.30. The maximum Gasteiger partial charge on any atom is 0.348 e. The number of hydrogen-bond donors (Lipinski definition) is 0. The molecule has 2 aromatic rings. The standard InChI is InChI=1S/C19H22N6O3/c1-12-15(17(26)28-4)16(14-7-5-13(11-20)6-8-14)25-18(21-12)22-24(19(25)27)10-9-23(2)3/h5-8,15-16H,9-10H2,1-4H3. The first-order valence-electron chi connectivity index (χ1n) is 8.84. The van der Waals surface area contributed by atoms with Crippen LogP contribution in [-0.4, -0.2) is 58.7 Å². The van der Waals surface area contributed by atoms with E-state index in [0.29, 0.717) is 29.9 Å². The lowest BCUT2D eigenvalue weighted by Crippen LogP contribution is -2.40. The summed E-state index contributed by atoms with van der Waals surface area (Å²) in [6.07, 6.45) is 0. The molecule has 2 unspecified atom stereocenters. The Bertz CT molecular complexity index is 1010. The van der Waals surface area contributed by atoms with E-state index >= 15 is 0 Å². The first-order valence-corrected chi connectivity index (χ1v) is 8.84. The summed E-state index contributed by atoms with van der Waals surface area (Å²) in [7, 11) is 5.14. The zero-order valence-electron chi connectivity index (χ0n) is 16.3. The molecule has 0 aliphatic carbocycles. The zero-order valence-corrected chi connectivity index (χ0v) is 16.3. The fourth-order valence-corrected chi connectivity index (χ4v) is 3.30. The van der Waals surface area contributed by atoms with Gasteiger partial charge in [0.05, 0.1) is 31.3 Å². The summed E-state index contributed by atoms with van der Waals surface area (Å²) in [5.74, 6) is -0.973. The predicted molar refractivity (Wildman–Crippen MR) is 103 cm³/mol. The zero-order chi connectivity index (χ0) is 20.4. The van der Waals surface area contributed by atoms with Crippen molar-refractivity contribution in [3.63, 3.8) is 0 Å². The lowest BCUT2D eigenvalue weighted by molar-refractivity contribution is -0.144. The van der Waals surface area contributed by atoms with Crippen molar-refractivity contribution in [3.8, 4) is 6.07 Å². The number of rotatable bonds is 5. The maximum absolute atomic E-state index is 13.1. The lowest BCUT2D eigenvalue weighted by Gasteiger charge is -2.29. The summed E-state index contributed by atoms with van der Waals surface area (Å²) < 4.78 is 7.78. The molecular formula is C19H22N6O3. The minimum atomic E-state index is -0.755. The second-order valence-electron chi connectivity index (χ2n) is 6.91. The highest BCUT2D eigenvalue weighted by Gasteiger charge is 2.40. The summed E-state index contributed by atoms with van der Waals surface area (Å²) in [5.41, 5.74) is 1.39. The van der Waals surface area contributed by atoms with Crippen molar-refractivity contribution < 1.29 is 9.53 Å². The molecular weight excluding hydrogens is 360 g/mol. The van der Waals surface area contributed by atoms with Gasteiger partial charge in [-0.3, -0.25) is 9.36 Å². The van der Waals surface area contributed by atoms with E-state index < -0.39 is 17.9 Å². The molecule has 1 aliphatic heterocycles. The van der Waals surface area contributed by atoms with E-state index in [1.54, 1.807) is 31.2 Å². The van der Waals surface area contributed by atoms with E-state index in [1.165, 1.54) is 16.4 Å². The third-order valence-corrected chi connectivity index (χ3v) is 4.77. The van der Waals surface area contributed by atoms with Gasteiger partial charge in [-0.15, -0.1) is 5.10 Å². The molecule has 1 aromatic heterocycles. The molecule has 0 bridgehead atoms. The van der Waals surface area contributed by atoms with Gasteiger partial charge in [-0.05, 0) is 38.7 Å². The first-order chi connectivity index (χ1) is 13.4. The number of fused-ring (bicyclic) bond motifs is 1. The van der Waals surface area contributed by atoms with E-state index in [0.717, 1.165) is 0 Å². The van der Waals surface area contributed by atoms with Gasteiger partial charge in [-0.25, -0.2) is 14.5 Å². The smallest absolute Gasteiger partial charge is 0.348 e. The number of benzene rings is 1. The van der Waals surface area contributed by atoms with Gasteiger partial charge in [0.15, 0.2) is 0 Å². The highest BCUT2D eigenvalue weighted by Crippen LogP contribution is 2.35. The van der Waals surface area contributed by atoms with Crippen LogP contribution in [0.15, 0.2) is 34.1 Å². The van der Waals surface area contributed by atoms with Crippen LogP contribution in [0, 0.1) is 17.2 Å². The van der Waals surface area contributed by atoms with Crippen molar-refractivity contribution in [1.82, 2.24) is 19.2 Å². The van der Waals surface area contributed by atoms with Crippen molar-refractivity contribution in [2.45, 2.75) is 19.5 Å². The number of methoxy groups -OCH3 is 1. The van der Waals surface area contributed by atoms with Crippen LogP contribution in [0.2, 0.25) is 0 Å². The third-order valence-electron chi connectivity index (χ3n) is 4.77. The number of aromatic nitrogens is 3. The van der Waals surface area contributed by atoms with Gasteiger partial charge in [0.25, 0.3) is 5.95 Å². The Morgan fingerprint density at radius 3 is 2.57 bits per heavy atom. The fraction of sp³-hybridized carbons (Fsp3) is 0.421. The molecule has 146 valence electrons. The van der Waals surface area contributed by atoms with Gasteiger partial charge in [-0.2, -0.15) is 5.26 Å². The van der Waals surface area contributed by atoms with E-state index in [9.17, 15) is 9.59 Å². The van der Waals surface area contributed by atoms with Crippen molar-refractivity contribution in [2.24, 2.45) is 10.9 Å². The average molecular weight is 382 g/mol. The summed E-state index contributed by atoms with van der Waals surface area (Å²) in [4.78, 5) is 31.9. The molecule has 0 saturated heterocycles. The van der Waals surface area contributed by atoms with Gasteiger partial charge in [0, 0.05) is 12.3 Å². The Labute approximate surface area is 162 Å². The second kappa shape index (κ2) is 7.78. The van der Waals surface area contributed by atoms with Crippen LogP contribution in [0.4, 0.5) is 5.95 Å². The molecule has 0 amide bonds. The molecule has 28 heavy (non-hydrogen) atoms. The van der Waals surface area contributed by atoms with E-state index in [1.807, 2.05) is 19.0 Å². The molecule has 0 N–H and O–H groups in total. The van der Waals surface area contributed by atoms with Crippen LogP contribution < -0.4 is 5.69 Å². The van der Waals surface area contributed by atoms with Gasteiger partial charge in [0.1, 0.15) is 5.92 Å². The number of hydrogen-bond acceptors (Lipinski definition) is 7. The Morgan fingerprint density at radius 2 is 2.00 bits per heavy atom. The first kappa shape index (κ1) is 19.5. The molecule has 3 rings (SSSR count). The average Bonchev–Trinajstić information content (AvgIpc) is 3.00. The van der Waals surface area contributed by atoms with Crippen LogP contribution in [-0.2, 0) is 16.1 Å². The molecule has 9 nitrogen and oxygen atoms in total. The summed E-state index contributed by atoms with van der Waals surface area (Å²) in [5, 5.41) is 13.4. The minimum absolute atomic E-state index is 0.260. The third kappa shape index (κ3) is 3.46. The number of ether oxygens (including phenoxy) is 1. The molecule has 9 heteroatoms. The van der Waals surface area contributed by atoms with Crippen LogP contribution >= 0.6 is 0 Å². The van der Waals surface area contributed by atoms with Crippen LogP contribution in [0.3, 0.4) is 0 Å². The van der Waals surface area contributed by atoms with E-state index in [-0.39, 0.29) is 11.6 Å². The Morgan fingerprint density at radius 1 is 1.32 bits per heavy atom. The Hall–Kier alpha value is -3.25. The lowest BCUT2D eigenvalue weighted by atomic mass is 9.88. The molecule has 2 atom stereocenters. The van der Waals surface area contributed by atoms with Crippen molar-refractivity contribution in [3.05, 3.63) is 45.9 Å². The number of aliphatic imine (C=N–C) groups is 1. The van der Waals surface area contributed by atoms with E-state index in [4.69, 9.17) is 10.00 Å². The van der Waals surface area contributed by atoms with Crippen LogP contribution in [0.25, 0.3) is 0 Å². The Kier molecular flexibility index (Phi) is 5.42. The number of carbonyl (C=O) groups is 1. The SMILES string of the molecule is COC(=O)C1C(C)=Nc2nn(CCN(C)C)c(=O)n2C1c1ccc(C#N)cc1. The largest absolute Gasteiger partial charge is 0.468 e. The quantitative estimate of drug-likeness (QED) is 0.713. The molecule has 2 heterocycles. The number of nitrogens with zero attached hydrogens (tertiary/aromatic N) is 6. The number of nitriles is 1. The molecule has 0 saturated carbocycles. The molecule has 0 radical (unpaired) electrons. The highest BCUT2D eigenvalue weighted by atomic mass is 16.5. The summed E-state index contributed by atoms with van der Waals surface area (Å²) >= 11 is 0. The second-order valence-corrected chi connectivity index (χ2v) is 6.91. The molecule has 0 spiro atoms. The van der Waals surface area contributed by atoms with Crippen molar-refractivity contribution >= 4 is 17.6 Å². The monoisotopic (exact) mass is 382 g/mol. The molecule has 1 aromatic carbocycles. The maximum atomic E-state index is 13.1. The van der Waals surface area contributed by atoms with Gasteiger partial charge in [-0.1, -0.05) is 12.1 Å². The van der Waals surface area contributed by atoms with Crippen molar-refractivity contribution in [1.29, 1.82) is 5.26 Å². The summed E-state index contributed by atoms with van der Waals surface area (Å²) in [6.45, 7) is 2.77. The van der Waals surface area contributed by atoms with E-state index in [2.05, 4.69) is 16.2 Å². The van der Waals surface area contributed by atoms with Crippen LogP contribution in [0.5, 0.6) is 0 Å². The number of likely N-dealkylation sites (N-methyl/N-ethyl adjacent to an activating group) is 1. The van der Waals surface area contributed by atoms with Gasteiger partial charge < -0.3 is 9.64 Å². The highest BCUT2D eigenvalue weighted by molar-refractivity contribution is 6.03. The number of carbonyl (C=O) groups excluding carboxylic acids is 1. The summed E-state index contributed by atoms with van der Waals surface area (Å²) in [6, 6.07) is 8.22. The number of esters is 1. The molecule has 0 fully saturated rings. The predicted octanol–water partition coefficient (Wildman–Crippen LogP) is 0.963. The van der Waals surface area contributed by atoms with Crippen LogP contribution in [0.1, 0.15) is 24.1 Å². The van der Waals surface area contributed by atoms with Gasteiger partial charge in [0.2, 0.25) is 0 Å². The minimum Gasteiger partial charge on any atom is -0.468 e. The van der Waals surface area contributed by atoms with Gasteiger partial charge >= 0.3 is 11.7 Å². The Balaban J connectivity index is 2.15.